The molecule has 1 aromatic carbocycles. The topological polar surface area (TPSA) is 71.0 Å². The monoisotopic (exact) mass is 365 g/mol. The Morgan fingerprint density at radius 3 is 2.72 bits per heavy atom. The Hall–Kier alpha value is -1.60. The minimum absolute atomic E-state index is 0.274. The highest BCUT2D eigenvalue weighted by Crippen LogP contribution is 2.31. The summed E-state index contributed by atoms with van der Waals surface area (Å²) < 4.78 is 29.4. The van der Waals surface area contributed by atoms with Gasteiger partial charge in [0.15, 0.2) is 15.8 Å². The number of para-hydroxylation sites is 1. The third kappa shape index (κ3) is 3.67. The first-order valence-corrected chi connectivity index (χ1v) is 10.8. The number of sulfone groups is 1. The Labute approximate surface area is 150 Å². The second-order valence-corrected chi connectivity index (χ2v) is 9.18. The average molecular weight is 365 g/mol. The molecule has 1 fully saturated rings. The Balaban J connectivity index is 1.88. The van der Waals surface area contributed by atoms with E-state index in [1.807, 2.05) is 19.1 Å². The van der Waals surface area contributed by atoms with E-state index in [1.165, 1.54) is 11.8 Å². The second kappa shape index (κ2) is 7.33. The van der Waals surface area contributed by atoms with Crippen molar-refractivity contribution in [3.8, 4) is 0 Å². The molecule has 2 heterocycles. The van der Waals surface area contributed by atoms with Crippen molar-refractivity contribution in [3.63, 3.8) is 0 Å². The molecule has 1 aromatic rings. The maximum atomic E-state index is 12.4. The van der Waals surface area contributed by atoms with Crippen LogP contribution in [-0.2, 0) is 21.0 Å². The van der Waals surface area contributed by atoms with Gasteiger partial charge in [0.2, 0.25) is 0 Å². The summed E-state index contributed by atoms with van der Waals surface area (Å²) in [7, 11) is -3.22. The van der Waals surface area contributed by atoms with Gasteiger partial charge in [0, 0.05) is 38.2 Å². The van der Waals surface area contributed by atoms with Gasteiger partial charge in [0.1, 0.15) is 0 Å². The lowest BCUT2D eigenvalue weighted by Crippen LogP contribution is -2.48. The van der Waals surface area contributed by atoms with E-state index in [4.69, 9.17) is 9.73 Å². The number of nitrogens with zero attached hydrogens (tertiary/aromatic N) is 2. The van der Waals surface area contributed by atoms with Crippen molar-refractivity contribution >= 4 is 21.5 Å². The zero-order chi connectivity index (χ0) is 17.9. The Morgan fingerprint density at radius 1 is 1.32 bits per heavy atom. The predicted octanol–water partition coefficient (Wildman–Crippen LogP) is 1.61. The summed E-state index contributed by atoms with van der Waals surface area (Å²) in [6.45, 7) is 4.86. The van der Waals surface area contributed by atoms with Crippen LogP contribution in [0.1, 0.15) is 25.3 Å². The molecule has 2 aliphatic rings. The van der Waals surface area contributed by atoms with Gasteiger partial charge in [-0.15, -0.1) is 0 Å². The summed E-state index contributed by atoms with van der Waals surface area (Å²) in [5.41, 5.74) is 2.46. The van der Waals surface area contributed by atoms with Gasteiger partial charge in [-0.05, 0) is 37.8 Å². The summed E-state index contributed by atoms with van der Waals surface area (Å²) in [5.74, 6) is 0.766. The van der Waals surface area contributed by atoms with Crippen molar-refractivity contribution in [1.29, 1.82) is 0 Å². The van der Waals surface area contributed by atoms with Gasteiger partial charge in [0.25, 0.3) is 0 Å². The lowest BCUT2D eigenvalue weighted by Gasteiger charge is -2.34. The minimum atomic E-state index is -3.22. The van der Waals surface area contributed by atoms with Gasteiger partial charge in [-0.3, -0.25) is 4.99 Å². The van der Waals surface area contributed by atoms with Crippen molar-refractivity contribution in [2.24, 2.45) is 4.99 Å². The molecular weight excluding hydrogens is 338 g/mol. The van der Waals surface area contributed by atoms with Gasteiger partial charge < -0.3 is 15.0 Å². The number of hydrogen-bond acceptors (Lipinski definition) is 4. The molecule has 2 aliphatic heterocycles. The minimum Gasteiger partial charge on any atom is -0.381 e. The van der Waals surface area contributed by atoms with Crippen molar-refractivity contribution in [2.45, 2.75) is 30.9 Å². The summed E-state index contributed by atoms with van der Waals surface area (Å²) in [6, 6.07) is 8.30. The number of guanidine groups is 1. The molecule has 0 amide bonds. The molecule has 1 N–H and O–H groups in total. The number of fused-ring (bicyclic) bond motifs is 1. The Morgan fingerprint density at radius 2 is 2.04 bits per heavy atom. The molecule has 7 heteroatoms. The van der Waals surface area contributed by atoms with Crippen LogP contribution in [0.2, 0.25) is 0 Å². The maximum absolute atomic E-state index is 12.4. The highest BCUT2D eigenvalue weighted by molar-refractivity contribution is 7.92. The number of nitrogens with one attached hydrogen (secondary N) is 1. The highest BCUT2D eigenvalue weighted by atomic mass is 32.2. The fourth-order valence-corrected chi connectivity index (χ4v) is 4.77. The molecule has 1 saturated heterocycles. The number of rotatable bonds is 4. The number of hydrogen-bond donors (Lipinski definition) is 1. The number of ether oxygens (including phenoxy) is 1. The van der Waals surface area contributed by atoms with Crippen LogP contribution in [0, 0.1) is 0 Å². The van der Waals surface area contributed by atoms with E-state index < -0.39 is 14.6 Å². The van der Waals surface area contributed by atoms with E-state index in [1.54, 1.807) is 0 Å². The third-order valence-corrected chi connectivity index (χ3v) is 7.30. The maximum Gasteiger partial charge on any atom is 0.198 e. The van der Waals surface area contributed by atoms with E-state index in [0.717, 1.165) is 31.2 Å². The fraction of sp³-hybridized carbons (Fsp3) is 0.611. The van der Waals surface area contributed by atoms with E-state index in [2.05, 4.69) is 22.3 Å². The zero-order valence-corrected chi connectivity index (χ0v) is 15.8. The molecule has 25 heavy (non-hydrogen) atoms. The number of aliphatic imine (C=N–C) groups is 1. The van der Waals surface area contributed by atoms with Gasteiger partial charge in [-0.1, -0.05) is 18.2 Å². The first-order chi connectivity index (χ1) is 12.0. The smallest absolute Gasteiger partial charge is 0.198 e. The molecule has 0 bridgehead atoms. The molecular formula is C18H27N3O3S. The molecule has 3 rings (SSSR count). The summed E-state index contributed by atoms with van der Waals surface area (Å²) >= 11 is 0. The van der Waals surface area contributed by atoms with Crippen molar-refractivity contribution < 1.29 is 13.2 Å². The van der Waals surface area contributed by atoms with E-state index >= 15 is 0 Å². The third-order valence-electron chi connectivity index (χ3n) is 5.19. The molecule has 0 aromatic heterocycles. The van der Waals surface area contributed by atoms with Gasteiger partial charge >= 0.3 is 0 Å². The standard InChI is InChI=1S/C18H27N3O3S/c1-3-19-17(21-11-8-15-6-4-5-7-16(15)21)20-14-18(25(2,22)23)9-12-24-13-10-18/h4-7H,3,8-14H2,1-2H3,(H,19,20). The molecule has 138 valence electrons. The summed E-state index contributed by atoms with van der Waals surface area (Å²) in [6.07, 6.45) is 3.31. The first-order valence-electron chi connectivity index (χ1n) is 8.88. The summed E-state index contributed by atoms with van der Waals surface area (Å²) in [4.78, 5) is 6.91. The van der Waals surface area contributed by atoms with Crippen LogP contribution in [0.3, 0.4) is 0 Å². The molecule has 0 aliphatic carbocycles. The Bertz CT molecular complexity index is 740. The lowest BCUT2D eigenvalue weighted by molar-refractivity contribution is 0.0768. The summed E-state index contributed by atoms with van der Waals surface area (Å²) in [5, 5.41) is 3.32. The van der Waals surface area contributed by atoms with Crippen LogP contribution in [0.15, 0.2) is 29.3 Å². The van der Waals surface area contributed by atoms with Crippen molar-refractivity contribution in [1.82, 2.24) is 5.32 Å². The van der Waals surface area contributed by atoms with Crippen molar-refractivity contribution in [2.75, 3.05) is 44.0 Å². The fourth-order valence-electron chi connectivity index (χ4n) is 3.56. The lowest BCUT2D eigenvalue weighted by atomic mass is 9.99. The van der Waals surface area contributed by atoms with Crippen LogP contribution in [0.5, 0.6) is 0 Å². The molecule has 0 saturated carbocycles. The van der Waals surface area contributed by atoms with Crippen LogP contribution in [0.4, 0.5) is 5.69 Å². The molecule has 6 nitrogen and oxygen atoms in total. The number of benzene rings is 1. The highest BCUT2D eigenvalue weighted by Gasteiger charge is 2.42. The SMILES string of the molecule is CCNC(=NCC1(S(C)(=O)=O)CCOCC1)N1CCc2ccccc21. The molecule has 0 radical (unpaired) electrons. The largest absolute Gasteiger partial charge is 0.381 e. The van der Waals surface area contributed by atoms with Crippen LogP contribution in [0.25, 0.3) is 0 Å². The van der Waals surface area contributed by atoms with Crippen LogP contribution < -0.4 is 10.2 Å². The van der Waals surface area contributed by atoms with Gasteiger partial charge in [0.05, 0.1) is 11.3 Å². The average Bonchev–Trinajstić information content (AvgIpc) is 3.02. The second-order valence-electron chi connectivity index (χ2n) is 6.77. The predicted molar refractivity (Wildman–Crippen MR) is 101 cm³/mol. The Kier molecular flexibility index (Phi) is 5.34. The van der Waals surface area contributed by atoms with E-state index in [9.17, 15) is 8.42 Å². The molecule has 0 unspecified atom stereocenters. The van der Waals surface area contributed by atoms with E-state index in [0.29, 0.717) is 26.1 Å². The normalized spacial score (nSPS) is 20.4. The van der Waals surface area contributed by atoms with Crippen LogP contribution >= 0.6 is 0 Å². The van der Waals surface area contributed by atoms with Crippen molar-refractivity contribution in [3.05, 3.63) is 29.8 Å². The molecule has 0 spiro atoms. The van der Waals surface area contributed by atoms with Gasteiger partial charge in [-0.2, -0.15) is 0 Å². The molecule has 0 atom stereocenters. The number of anilines is 1. The van der Waals surface area contributed by atoms with Crippen LogP contribution in [-0.4, -0.2) is 58.2 Å². The van der Waals surface area contributed by atoms with Gasteiger partial charge in [-0.25, -0.2) is 8.42 Å². The first kappa shape index (κ1) is 18.2. The van der Waals surface area contributed by atoms with E-state index in [-0.39, 0.29) is 6.54 Å². The quantitative estimate of drug-likeness (QED) is 0.648. The zero-order valence-electron chi connectivity index (χ0n) is 15.0.